The van der Waals surface area contributed by atoms with E-state index < -0.39 is 0 Å². The first kappa shape index (κ1) is 21.8. The summed E-state index contributed by atoms with van der Waals surface area (Å²) in [5.41, 5.74) is 2.38. The van der Waals surface area contributed by atoms with E-state index in [9.17, 15) is 10.1 Å². The summed E-state index contributed by atoms with van der Waals surface area (Å²) in [6, 6.07) is 20.1. The highest BCUT2D eigenvalue weighted by Gasteiger charge is 2.19. The van der Waals surface area contributed by atoms with Crippen LogP contribution in [-0.2, 0) is 0 Å². The number of anilines is 1. The van der Waals surface area contributed by atoms with Gasteiger partial charge >= 0.3 is 0 Å². The summed E-state index contributed by atoms with van der Waals surface area (Å²) >= 11 is 8.71. The molecule has 2 heterocycles. The molecule has 0 saturated heterocycles. The number of thiophene rings is 1. The van der Waals surface area contributed by atoms with Crippen molar-refractivity contribution in [3.63, 3.8) is 0 Å². The molecule has 1 amide bonds. The van der Waals surface area contributed by atoms with Crippen LogP contribution in [0.4, 0.5) is 5.00 Å². The smallest absolute Gasteiger partial charge is 0.256 e. The number of allylic oxidation sites excluding steroid dienone is 1. The molecule has 0 fully saturated rings. The highest BCUT2D eigenvalue weighted by Crippen LogP contribution is 2.38. The zero-order valence-corrected chi connectivity index (χ0v) is 19.2. The number of nitrogens with zero attached hydrogens (tertiary/aromatic N) is 2. The van der Waals surface area contributed by atoms with Gasteiger partial charge < -0.3 is 10.1 Å². The molecule has 2 aromatic carbocycles. The van der Waals surface area contributed by atoms with Gasteiger partial charge in [-0.05, 0) is 59.5 Å². The zero-order chi connectivity index (χ0) is 22.5. The minimum Gasteiger partial charge on any atom is -0.497 e. The molecule has 4 rings (SSSR count). The van der Waals surface area contributed by atoms with E-state index in [0.29, 0.717) is 31.9 Å². The number of ether oxygens (including phenoxy) is 1. The second kappa shape index (κ2) is 9.79. The number of nitrogens with one attached hydrogen (secondary N) is 1. The van der Waals surface area contributed by atoms with E-state index in [1.54, 1.807) is 37.5 Å². The number of benzene rings is 2. The van der Waals surface area contributed by atoms with Crippen molar-refractivity contribution in [1.82, 2.24) is 4.98 Å². The van der Waals surface area contributed by atoms with Gasteiger partial charge in [0.2, 0.25) is 0 Å². The van der Waals surface area contributed by atoms with Crippen molar-refractivity contribution in [2.45, 2.75) is 0 Å². The number of hydrogen-bond donors (Lipinski definition) is 1. The number of nitriles is 1. The van der Waals surface area contributed by atoms with E-state index >= 15 is 0 Å². The molecule has 158 valence electrons. The summed E-state index contributed by atoms with van der Waals surface area (Å²) in [6.07, 6.45) is 1.77. The fourth-order valence-electron chi connectivity index (χ4n) is 2.89. The average molecular weight is 478 g/mol. The minimum atomic E-state index is -0.271. The monoisotopic (exact) mass is 477 g/mol. The molecule has 5 nitrogen and oxygen atoms in total. The molecule has 0 atom stereocenters. The van der Waals surface area contributed by atoms with Crippen LogP contribution in [0, 0.1) is 11.3 Å². The molecule has 1 N–H and O–H groups in total. The third-order valence-corrected chi connectivity index (χ3v) is 6.63. The molecule has 0 aliphatic rings. The standard InChI is InChI=1S/C24H16ClN3O2S2/c1-30-19-10-4-15(5-11-19)13-17(14-26)23-27-21(20-3-2-12-31-20)24(32-23)28-22(29)16-6-8-18(25)9-7-16/h2-13H,1H3,(H,28,29)/b17-13-. The van der Waals surface area contributed by atoms with Crippen molar-refractivity contribution >= 4 is 56.8 Å². The molecule has 0 radical (unpaired) electrons. The lowest BCUT2D eigenvalue weighted by molar-refractivity contribution is 0.102. The van der Waals surface area contributed by atoms with E-state index in [1.165, 1.54) is 22.7 Å². The number of carbonyl (C=O) groups is 1. The fourth-order valence-corrected chi connectivity index (χ4v) is 4.74. The van der Waals surface area contributed by atoms with Gasteiger partial charge in [0.1, 0.15) is 27.5 Å². The normalized spacial score (nSPS) is 11.1. The van der Waals surface area contributed by atoms with E-state index in [2.05, 4.69) is 11.4 Å². The number of amides is 1. The van der Waals surface area contributed by atoms with Crippen LogP contribution in [-0.4, -0.2) is 18.0 Å². The van der Waals surface area contributed by atoms with Crippen LogP contribution in [0.25, 0.3) is 22.2 Å². The number of hydrogen-bond acceptors (Lipinski definition) is 6. The summed E-state index contributed by atoms with van der Waals surface area (Å²) in [5.74, 6) is 0.467. The lowest BCUT2D eigenvalue weighted by Crippen LogP contribution is -2.11. The average Bonchev–Trinajstić information content (AvgIpc) is 3.48. The number of rotatable bonds is 6. The fraction of sp³-hybridized carbons (Fsp3) is 0.0417. The molecule has 0 saturated carbocycles. The van der Waals surface area contributed by atoms with E-state index in [4.69, 9.17) is 21.3 Å². The van der Waals surface area contributed by atoms with Gasteiger partial charge in [0, 0.05) is 10.6 Å². The van der Waals surface area contributed by atoms with E-state index in [-0.39, 0.29) is 5.91 Å². The molecule has 32 heavy (non-hydrogen) atoms. The van der Waals surface area contributed by atoms with Crippen LogP contribution < -0.4 is 10.1 Å². The number of aromatic nitrogens is 1. The molecular formula is C24H16ClN3O2S2. The predicted octanol–water partition coefficient (Wildman–Crippen LogP) is 6.85. The third kappa shape index (κ3) is 4.89. The molecular weight excluding hydrogens is 462 g/mol. The van der Waals surface area contributed by atoms with Crippen LogP contribution in [0.15, 0.2) is 66.0 Å². The number of methoxy groups -OCH3 is 1. The van der Waals surface area contributed by atoms with Gasteiger partial charge in [0.25, 0.3) is 5.91 Å². The molecule has 0 aliphatic carbocycles. The SMILES string of the molecule is COc1ccc(/C=C(/C#N)c2nc(-c3cccs3)c(NC(=O)c3ccc(Cl)cc3)s2)cc1. The Morgan fingerprint density at radius 3 is 2.53 bits per heavy atom. The van der Waals surface area contributed by atoms with Gasteiger partial charge in [-0.2, -0.15) is 5.26 Å². The Bertz CT molecular complexity index is 1300. The molecule has 4 aromatic rings. The zero-order valence-electron chi connectivity index (χ0n) is 16.8. The highest BCUT2D eigenvalue weighted by molar-refractivity contribution is 7.19. The largest absolute Gasteiger partial charge is 0.497 e. The summed E-state index contributed by atoms with van der Waals surface area (Å²) < 4.78 is 5.18. The van der Waals surface area contributed by atoms with E-state index in [1.807, 2.05) is 41.8 Å². The second-order valence-corrected chi connectivity index (χ2v) is 8.96. The van der Waals surface area contributed by atoms with Gasteiger partial charge in [-0.1, -0.05) is 41.1 Å². The van der Waals surface area contributed by atoms with Crippen molar-refractivity contribution in [2.24, 2.45) is 0 Å². The first-order chi connectivity index (χ1) is 15.6. The molecule has 0 spiro atoms. The van der Waals surface area contributed by atoms with Crippen LogP contribution in [0.1, 0.15) is 20.9 Å². The number of carbonyl (C=O) groups excluding carboxylic acids is 1. The maximum atomic E-state index is 12.8. The maximum Gasteiger partial charge on any atom is 0.256 e. The third-order valence-electron chi connectivity index (χ3n) is 4.49. The van der Waals surface area contributed by atoms with Crippen LogP contribution in [0.2, 0.25) is 5.02 Å². The van der Waals surface area contributed by atoms with Crippen molar-refractivity contribution in [1.29, 1.82) is 5.26 Å². The highest BCUT2D eigenvalue weighted by atomic mass is 35.5. The minimum absolute atomic E-state index is 0.271. The quantitative estimate of drug-likeness (QED) is 0.308. The van der Waals surface area contributed by atoms with Gasteiger partial charge in [-0.3, -0.25) is 4.79 Å². The molecule has 2 aromatic heterocycles. The molecule has 8 heteroatoms. The Hall–Kier alpha value is -3.44. The van der Waals surface area contributed by atoms with Gasteiger partial charge in [0.15, 0.2) is 0 Å². The van der Waals surface area contributed by atoms with Gasteiger partial charge in [-0.15, -0.1) is 11.3 Å². The van der Waals surface area contributed by atoms with Crippen molar-refractivity contribution in [3.8, 4) is 22.4 Å². The molecule has 0 unspecified atom stereocenters. The Morgan fingerprint density at radius 2 is 1.91 bits per heavy atom. The number of thiazole rings is 1. The Balaban J connectivity index is 1.70. The van der Waals surface area contributed by atoms with Crippen LogP contribution in [0.3, 0.4) is 0 Å². The summed E-state index contributed by atoms with van der Waals surface area (Å²) in [5, 5.41) is 16.3. The first-order valence-electron chi connectivity index (χ1n) is 9.45. The Labute approximate surface area is 198 Å². The lowest BCUT2D eigenvalue weighted by Gasteiger charge is -2.04. The van der Waals surface area contributed by atoms with Crippen molar-refractivity contribution < 1.29 is 9.53 Å². The van der Waals surface area contributed by atoms with Crippen molar-refractivity contribution in [3.05, 3.63) is 87.2 Å². The topological polar surface area (TPSA) is 75.0 Å². The number of halogens is 1. The van der Waals surface area contributed by atoms with Gasteiger partial charge in [0.05, 0.1) is 17.6 Å². The van der Waals surface area contributed by atoms with E-state index in [0.717, 1.165) is 16.2 Å². The Kier molecular flexibility index (Phi) is 6.66. The maximum absolute atomic E-state index is 12.8. The summed E-state index contributed by atoms with van der Waals surface area (Å²) in [4.78, 5) is 18.4. The lowest BCUT2D eigenvalue weighted by atomic mass is 10.1. The van der Waals surface area contributed by atoms with Crippen LogP contribution >= 0.6 is 34.3 Å². The second-order valence-electron chi connectivity index (χ2n) is 6.58. The molecule has 0 aliphatic heterocycles. The predicted molar refractivity (Wildman–Crippen MR) is 131 cm³/mol. The summed E-state index contributed by atoms with van der Waals surface area (Å²) in [7, 11) is 1.60. The van der Waals surface area contributed by atoms with Crippen molar-refractivity contribution in [2.75, 3.05) is 12.4 Å². The first-order valence-corrected chi connectivity index (χ1v) is 11.5. The van der Waals surface area contributed by atoms with Crippen LogP contribution in [0.5, 0.6) is 5.75 Å². The Morgan fingerprint density at radius 1 is 1.16 bits per heavy atom. The summed E-state index contributed by atoms with van der Waals surface area (Å²) in [6.45, 7) is 0. The molecule has 0 bridgehead atoms. The van der Waals surface area contributed by atoms with Gasteiger partial charge in [-0.25, -0.2) is 4.98 Å².